The summed E-state index contributed by atoms with van der Waals surface area (Å²) in [5, 5.41) is 11.6. The summed E-state index contributed by atoms with van der Waals surface area (Å²) in [6.07, 6.45) is 4.84. The first-order valence-corrected chi connectivity index (χ1v) is 12.8. The Kier molecular flexibility index (Phi) is 5.23. The monoisotopic (exact) mass is 494 g/mol. The number of aromatic amines is 1. The number of fused-ring (bicyclic) bond motifs is 3. The van der Waals surface area contributed by atoms with Gasteiger partial charge >= 0.3 is 0 Å². The number of nitrogens with one attached hydrogen (secondary N) is 2. The van der Waals surface area contributed by atoms with Crippen LogP contribution in [0, 0.1) is 5.82 Å². The van der Waals surface area contributed by atoms with Gasteiger partial charge in [0, 0.05) is 36.6 Å². The smallest absolute Gasteiger partial charge is 0.235 e. The van der Waals surface area contributed by atoms with Crippen LogP contribution in [0.5, 0.6) is 0 Å². The Morgan fingerprint density at radius 2 is 1.89 bits per heavy atom. The number of aromatic nitrogens is 2. The molecular weight excluding hydrogens is 467 g/mol. The van der Waals surface area contributed by atoms with Crippen LogP contribution in [-0.2, 0) is 21.5 Å². The predicted molar refractivity (Wildman–Crippen MR) is 142 cm³/mol. The number of halogens is 1. The highest BCUT2D eigenvalue weighted by Crippen LogP contribution is 2.65. The molecule has 1 spiro atoms. The highest BCUT2D eigenvalue weighted by molar-refractivity contribution is 6.10. The Hall–Kier alpha value is -3.81. The van der Waals surface area contributed by atoms with E-state index in [4.69, 9.17) is 4.74 Å². The van der Waals surface area contributed by atoms with Crippen molar-refractivity contribution in [2.24, 2.45) is 0 Å². The molecular formula is C30H27FN4O2. The minimum absolute atomic E-state index is 0.0395. The third kappa shape index (κ3) is 3.86. The van der Waals surface area contributed by atoms with E-state index in [9.17, 15) is 9.18 Å². The summed E-state index contributed by atoms with van der Waals surface area (Å²) < 4.78 is 19.1. The van der Waals surface area contributed by atoms with E-state index in [-0.39, 0.29) is 17.6 Å². The summed E-state index contributed by atoms with van der Waals surface area (Å²) in [5.74, 6) is -0.305. The summed E-state index contributed by atoms with van der Waals surface area (Å²) in [5.41, 5.74) is 6.24. The summed E-state index contributed by atoms with van der Waals surface area (Å²) in [4.78, 5) is 15.3. The molecule has 2 aliphatic heterocycles. The van der Waals surface area contributed by atoms with E-state index < -0.39 is 5.41 Å². The number of carbonyl (C=O) groups excluding carboxylic acids is 1. The van der Waals surface area contributed by atoms with Gasteiger partial charge in [0.25, 0.3) is 0 Å². The zero-order valence-corrected chi connectivity index (χ0v) is 20.3. The zero-order valence-electron chi connectivity index (χ0n) is 20.3. The Bertz CT molecular complexity index is 1540. The van der Waals surface area contributed by atoms with Gasteiger partial charge in [0.15, 0.2) is 0 Å². The van der Waals surface area contributed by atoms with E-state index in [1.165, 1.54) is 17.7 Å². The third-order valence-corrected chi connectivity index (χ3v) is 8.02. The fourth-order valence-corrected chi connectivity index (χ4v) is 5.91. The molecule has 7 rings (SSSR count). The van der Waals surface area contributed by atoms with Gasteiger partial charge in [-0.2, -0.15) is 5.10 Å². The number of benzene rings is 3. The Balaban J connectivity index is 1.08. The first-order chi connectivity index (χ1) is 18.1. The first kappa shape index (κ1) is 22.4. The van der Waals surface area contributed by atoms with Crippen molar-refractivity contribution in [3.63, 3.8) is 0 Å². The number of amides is 1. The maximum absolute atomic E-state index is 13.7. The molecule has 2 N–H and O–H groups in total. The number of carbonyl (C=O) groups is 1. The van der Waals surface area contributed by atoms with E-state index in [2.05, 4.69) is 69.0 Å². The Labute approximate surface area is 214 Å². The molecule has 6 nitrogen and oxygen atoms in total. The molecule has 3 aliphatic rings. The highest BCUT2D eigenvalue weighted by Gasteiger charge is 2.65. The van der Waals surface area contributed by atoms with Gasteiger partial charge in [-0.05, 0) is 52.9 Å². The second-order valence-electron chi connectivity index (χ2n) is 10.2. The number of nitrogens with zero attached hydrogens (tertiary/aromatic N) is 2. The van der Waals surface area contributed by atoms with Crippen molar-refractivity contribution in [3.05, 3.63) is 94.4 Å². The predicted octanol–water partition coefficient (Wildman–Crippen LogP) is 5.08. The van der Waals surface area contributed by atoms with Crippen LogP contribution >= 0.6 is 0 Å². The van der Waals surface area contributed by atoms with Crippen molar-refractivity contribution in [1.29, 1.82) is 0 Å². The number of anilines is 1. The molecule has 3 heterocycles. The molecule has 1 aromatic heterocycles. The zero-order chi connectivity index (χ0) is 25.0. The Morgan fingerprint density at radius 1 is 1.05 bits per heavy atom. The third-order valence-electron chi connectivity index (χ3n) is 8.02. The van der Waals surface area contributed by atoms with Crippen LogP contribution in [0.1, 0.15) is 40.3 Å². The minimum Gasteiger partial charge on any atom is -0.379 e. The topological polar surface area (TPSA) is 70.2 Å². The van der Waals surface area contributed by atoms with Crippen molar-refractivity contribution < 1.29 is 13.9 Å². The average Bonchev–Trinajstić information content (AvgIpc) is 3.45. The number of morpholine rings is 1. The number of ether oxygens (including phenoxy) is 1. The van der Waals surface area contributed by atoms with Gasteiger partial charge in [0.1, 0.15) is 5.82 Å². The molecule has 1 saturated heterocycles. The van der Waals surface area contributed by atoms with Gasteiger partial charge < -0.3 is 10.1 Å². The molecule has 3 aromatic carbocycles. The van der Waals surface area contributed by atoms with Crippen LogP contribution < -0.4 is 5.32 Å². The largest absolute Gasteiger partial charge is 0.379 e. The van der Waals surface area contributed by atoms with E-state index >= 15 is 0 Å². The SMILES string of the molecule is O=C1Nc2cc(F)ccc2[C@@]12C[C@@H]2c1ccc2c(/C=C/c3ccc(CN4CCOCC4)cc3)n[nH]c2c1. The van der Waals surface area contributed by atoms with Gasteiger partial charge in [-0.25, -0.2) is 4.39 Å². The molecule has 0 radical (unpaired) electrons. The van der Waals surface area contributed by atoms with Crippen molar-refractivity contribution >= 4 is 34.6 Å². The first-order valence-electron chi connectivity index (χ1n) is 12.8. The molecule has 186 valence electrons. The summed E-state index contributed by atoms with van der Waals surface area (Å²) in [6.45, 7) is 4.54. The Morgan fingerprint density at radius 3 is 2.73 bits per heavy atom. The molecule has 1 amide bonds. The van der Waals surface area contributed by atoms with Crippen LogP contribution in [0.15, 0.2) is 60.7 Å². The van der Waals surface area contributed by atoms with Crippen molar-refractivity contribution in [1.82, 2.24) is 15.1 Å². The molecule has 7 heteroatoms. The maximum Gasteiger partial charge on any atom is 0.235 e. The van der Waals surface area contributed by atoms with Crippen molar-refractivity contribution in [3.8, 4) is 0 Å². The highest BCUT2D eigenvalue weighted by atomic mass is 19.1. The van der Waals surface area contributed by atoms with Crippen LogP contribution in [-0.4, -0.2) is 47.3 Å². The summed E-state index contributed by atoms with van der Waals surface area (Å²) in [6, 6.07) is 19.5. The lowest BCUT2D eigenvalue weighted by Crippen LogP contribution is -2.35. The average molecular weight is 495 g/mol. The second kappa shape index (κ2) is 8.64. The molecule has 2 atom stereocenters. The van der Waals surface area contributed by atoms with E-state index in [0.717, 1.165) is 72.6 Å². The van der Waals surface area contributed by atoms with Gasteiger partial charge in [-0.15, -0.1) is 0 Å². The number of hydrogen-bond acceptors (Lipinski definition) is 4. The van der Waals surface area contributed by atoms with Crippen molar-refractivity contribution in [2.75, 3.05) is 31.6 Å². The number of rotatable bonds is 5. The summed E-state index contributed by atoms with van der Waals surface area (Å²) >= 11 is 0. The van der Waals surface area contributed by atoms with E-state index in [0.29, 0.717) is 5.69 Å². The lowest BCUT2D eigenvalue weighted by Gasteiger charge is -2.26. The quantitative estimate of drug-likeness (QED) is 0.406. The van der Waals surface area contributed by atoms with Gasteiger partial charge in [-0.1, -0.05) is 48.5 Å². The van der Waals surface area contributed by atoms with E-state index in [1.807, 2.05) is 6.08 Å². The standard InChI is InChI=1S/C30H27FN4O2/c31-22-7-9-24-28(16-22)32-29(36)30(24)17-25(30)21-6-8-23-26(33-34-27(23)15-21)10-5-19-1-3-20(4-2-19)18-35-11-13-37-14-12-35/h1-10,15-16,25H,11-14,17-18H2,(H,32,36)(H,33,34)/b10-5+/t25-,30-/m1/s1. The number of hydrogen-bond donors (Lipinski definition) is 2. The summed E-state index contributed by atoms with van der Waals surface area (Å²) in [7, 11) is 0. The molecule has 1 saturated carbocycles. The van der Waals surface area contributed by atoms with Gasteiger partial charge in [-0.3, -0.25) is 14.8 Å². The van der Waals surface area contributed by atoms with E-state index in [1.54, 1.807) is 6.07 Å². The molecule has 4 aromatic rings. The van der Waals surface area contributed by atoms with Crippen LogP contribution in [0.2, 0.25) is 0 Å². The lowest BCUT2D eigenvalue weighted by atomic mass is 9.92. The minimum atomic E-state index is -0.590. The van der Waals surface area contributed by atoms with Crippen LogP contribution in [0.4, 0.5) is 10.1 Å². The molecule has 37 heavy (non-hydrogen) atoms. The van der Waals surface area contributed by atoms with Crippen LogP contribution in [0.3, 0.4) is 0 Å². The number of H-pyrrole nitrogens is 1. The van der Waals surface area contributed by atoms with Gasteiger partial charge in [0.2, 0.25) is 5.91 Å². The fraction of sp³-hybridized carbons (Fsp3) is 0.267. The molecule has 0 unspecified atom stereocenters. The van der Waals surface area contributed by atoms with Crippen LogP contribution in [0.25, 0.3) is 23.1 Å². The normalized spacial score (nSPS) is 23.2. The maximum atomic E-state index is 13.7. The fourth-order valence-electron chi connectivity index (χ4n) is 5.91. The second-order valence-corrected chi connectivity index (χ2v) is 10.2. The lowest BCUT2D eigenvalue weighted by molar-refractivity contribution is -0.118. The van der Waals surface area contributed by atoms with Crippen molar-refractivity contribution in [2.45, 2.75) is 24.3 Å². The van der Waals surface area contributed by atoms with Gasteiger partial charge in [0.05, 0.1) is 29.8 Å². The molecule has 2 fully saturated rings. The molecule has 0 bridgehead atoms. The molecule has 1 aliphatic carbocycles.